The maximum Gasteiger partial charge on any atom is 0.161 e. The molecule has 0 radical (unpaired) electrons. The predicted octanol–water partition coefficient (Wildman–Crippen LogP) is 2.57. The fourth-order valence-electron chi connectivity index (χ4n) is 2.18. The van der Waals surface area contributed by atoms with E-state index in [1.54, 1.807) is 11.6 Å². The third-order valence-corrected chi connectivity index (χ3v) is 3.04. The largest absolute Gasteiger partial charge is 0.299 e. The first-order chi connectivity index (χ1) is 8.66. The SMILES string of the molecule is CC(=O)c1cn(-c2ccn(C)n2)c2ccccc12. The van der Waals surface area contributed by atoms with Gasteiger partial charge in [0.15, 0.2) is 11.6 Å². The van der Waals surface area contributed by atoms with Crippen LogP contribution in [0.4, 0.5) is 0 Å². The fraction of sp³-hybridized carbons (Fsp3) is 0.143. The van der Waals surface area contributed by atoms with Gasteiger partial charge in [-0.1, -0.05) is 18.2 Å². The summed E-state index contributed by atoms with van der Waals surface area (Å²) in [6, 6.07) is 9.79. The number of ketones is 1. The molecule has 3 rings (SSSR count). The second kappa shape index (κ2) is 3.84. The standard InChI is InChI=1S/C14H13N3O/c1-10(18)12-9-17(14-7-8-16(2)15-14)13-6-4-3-5-11(12)13/h3-9H,1-2H3. The van der Waals surface area contributed by atoms with Crippen molar-refractivity contribution < 1.29 is 4.79 Å². The quantitative estimate of drug-likeness (QED) is 0.645. The van der Waals surface area contributed by atoms with E-state index in [4.69, 9.17) is 0 Å². The van der Waals surface area contributed by atoms with Crippen molar-refractivity contribution in [1.29, 1.82) is 0 Å². The molecule has 0 saturated carbocycles. The summed E-state index contributed by atoms with van der Waals surface area (Å²) in [7, 11) is 1.88. The van der Waals surface area contributed by atoms with Crippen LogP contribution in [0.2, 0.25) is 0 Å². The summed E-state index contributed by atoms with van der Waals surface area (Å²) >= 11 is 0. The van der Waals surface area contributed by atoms with Crippen molar-refractivity contribution in [2.24, 2.45) is 7.05 Å². The van der Waals surface area contributed by atoms with E-state index >= 15 is 0 Å². The molecule has 0 atom stereocenters. The first kappa shape index (κ1) is 10.8. The molecule has 0 fully saturated rings. The number of hydrogen-bond donors (Lipinski definition) is 0. The van der Waals surface area contributed by atoms with Crippen LogP contribution in [0.1, 0.15) is 17.3 Å². The summed E-state index contributed by atoms with van der Waals surface area (Å²) < 4.78 is 3.70. The maximum absolute atomic E-state index is 11.7. The number of nitrogens with zero attached hydrogens (tertiary/aromatic N) is 3. The minimum absolute atomic E-state index is 0.0703. The van der Waals surface area contributed by atoms with Gasteiger partial charge >= 0.3 is 0 Å². The lowest BCUT2D eigenvalue weighted by Gasteiger charge is -1.99. The molecule has 0 saturated heterocycles. The monoisotopic (exact) mass is 239 g/mol. The van der Waals surface area contributed by atoms with Crippen molar-refractivity contribution in [2.45, 2.75) is 6.92 Å². The third-order valence-electron chi connectivity index (χ3n) is 3.04. The van der Waals surface area contributed by atoms with E-state index < -0.39 is 0 Å². The molecule has 0 N–H and O–H groups in total. The molecule has 3 aromatic rings. The molecule has 0 aliphatic carbocycles. The van der Waals surface area contributed by atoms with Gasteiger partial charge in [0.05, 0.1) is 5.52 Å². The molecule has 0 aliphatic rings. The number of aryl methyl sites for hydroxylation is 1. The van der Waals surface area contributed by atoms with Gasteiger partial charge in [-0.2, -0.15) is 5.10 Å². The highest BCUT2D eigenvalue weighted by Crippen LogP contribution is 2.24. The Morgan fingerprint density at radius 2 is 2.00 bits per heavy atom. The first-order valence-corrected chi connectivity index (χ1v) is 5.78. The van der Waals surface area contributed by atoms with Crippen LogP contribution in [0.15, 0.2) is 42.7 Å². The molecule has 0 amide bonds. The lowest BCUT2D eigenvalue weighted by molar-refractivity contribution is 0.101. The van der Waals surface area contributed by atoms with Crippen molar-refractivity contribution in [3.63, 3.8) is 0 Å². The fourth-order valence-corrected chi connectivity index (χ4v) is 2.18. The number of benzene rings is 1. The Morgan fingerprint density at radius 3 is 2.67 bits per heavy atom. The van der Waals surface area contributed by atoms with Gasteiger partial charge in [0.25, 0.3) is 0 Å². The van der Waals surface area contributed by atoms with Gasteiger partial charge in [0.1, 0.15) is 0 Å². The van der Waals surface area contributed by atoms with Crippen LogP contribution >= 0.6 is 0 Å². The molecule has 4 heteroatoms. The Kier molecular flexibility index (Phi) is 2.30. The molecular weight excluding hydrogens is 226 g/mol. The summed E-state index contributed by atoms with van der Waals surface area (Å²) in [6.45, 7) is 1.59. The van der Waals surface area contributed by atoms with E-state index in [0.717, 1.165) is 22.3 Å². The normalized spacial score (nSPS) is 11.0. The van der Waals surface area contributed by atoms with Gasteiger partial charge in [-0.25, -0.2) is 0 Å². The number of hydrogen-bond acceptors (Lipinski definition) is 2. The Morgan fingerprint density at radius 1 is 1.22 bits per heavy atom. The number of para-hydroxylation sites is 1. The second-order valence-electron chi connectivity index (χ2n) is 4.33. The molecule has 0 aliphatic heterocycles. The number of aromatic nitrogens is 3. The zero-order valence-electron chi connectivity index (χ0n) is 10.3. The summed E-state index contributed by atoms with van der Waals surface area (Å²) in [5.74, 6) is 0.891. The highest BCUT2D eigenvalue weighted by atomic mass is 16.1. The van der Waals surface area contributed by atoms with Gasteiger partial charge in [0, 0.05) is 36.5 Å². The Bertz CT molecular complexity index is 736. The number of Topliss-reactive ketones (excluding diaryl/α,β-unsaturated/α-hetero) is 1. The smallest absolute Gasteiger partial charge is 0.161 e. The van der Waals surface area contributed by atoms with Crippen LogP contribution < -0.4 is 0 Å². The highest BCUT2D eigenvalue weighted by molar-refractivity contribution is 6.07. The van der Waals surface area contributed by atoms with Gasteiger partial charge in [0.2, 0.25) is 0 Å². The summed E-state index contributed by atoms with van der Waals surface area (Å²) in [4.78, 5) is 11.7. The van der Waals surface area contributed by atoms with Gasteiger partial charge in [-0.15, -0.1) is 0 Å². The van der Waals surface area contributed by atoms with E-state index in [2.05, 4.69) is 5.10 Å². The lowest BCUT2D eigenvalue weighted by atomic mass is 10.1. The molecule has 0 unspecified atom stereocenters. The van der Waals surface area contributed by atoms with E-state index in [0.29, 0.717) is 0 Å². The zero-order chi connectivity index (χ0) is 12.7. The molecular formula is C14H13N3O. The van der Waals surface area contributed by atoms with E-state index in [1.165, 1.54) is 0 Å². The number of carbonyl (C=O) groups excluding carboxylic acids is 1. The van der Waals surface area contributed by atoms with Crippen molar-refractivity contribution in [1.82, 2.24) is 14.3 Å². The minimum atomic E-state index is 0.0703. The Balaban J connectivity index is 2.33. The van der Waals surface area contributed by atoms with Crippen LogP contribution in [0.25, 0.3) is 16.7 Å². The average Bonchev–Trinajstić information content (AvgIpc) is 2.92. The summed E-state index contributed by atoms with van der Waals surface area (Å²) in [5, 5.41) is 5.34. The van der Waals surface area contributed by atoms with Crippen molar-refractivity contribution in [3.05, 3.63) is 48.3 Å². The van der Waals surface area contributed by atoms with Gasteiger partial charge in [-0.3, -0.25) is 14.0 Å². The molecule has 2 heterocycles. The molecule has 4 nitrogen and oxygen atoms in total. The van der Waals surface area contributed by atoms with Crippen molar-refractivity contribution >= 4 is 16.7 Å². The number of carbonyl (C=O) groups is 1. The summed E-state index contributed by atoms with van der Waals surface area (Å²) in [5.41, 5.74) is 1.73. The van der Waals surface area contributed by atoms with Crippen LogP contribution in [0.5, 0.6) is 0 Å². The molecule has 0 spiro atoms. The average molecular weight is 239 g/mol. The third kappa shape index (κ3) is 1.54. The zero-order valence-corrected chi connectivity index (χ0v) is 10.3. The molecule has 18 heavy (non-hydrogen) atoms. The van der Waals surface area contributed by atoms with Gasteiger partial charge < -0.3 is 0 Å². The molecule has 1 aromatic carbocycles. The van der Waals surface area contributed by atoms with Crippen LogP contribution in [-0.4, -0.2) is 20.1 Å². The molecule has 90 valence electrons. The number of rotatable bonds is 2. The summed E-state index contributed by atoms with van der Waals surface area (Å²) in [6.07, 6.45) is 3.74. The molecule has 0 bridgehead atoms. The lowest BCUT2D eigenvalue weighted by Crippen LogP contribution is -1.95. The van der Waals surface area contributed by atoms with E-state index in [1.807, 2.05) is 54.3 Å². The number of fused-ring (bicyclic) bond motifs is 1. The Labute approximate surface area is 104 Å². The first-order valence-electron chi connectivity index (χ1n) is 5.78. The molecule has 2 aromatic heterocycles. The van der Waals surface area contributed by atoms with Gasteiger partial charge in [-0.05, 0) is 13.0 Å². The topological polar surface area (TPSA) is 39.8 Å². The maximum atomic E-state index is 11.7. The minimum Gasteiger partial charge on any atom is -0.299 e. The van der Waals surface area contributed by atoms with E-state index in [-0.39, 0.29) is 5.78 Å². The van der Waals surface area contributed by atoms with Crippen LogP contribution in [-0.2, 0) is 7.05 Å². The highest BCUT2D eigenvalue weighted by Gasteiger charge is 2.13. The van der Waals surface area contributed by atoms with Crippen molar-refractivity contribution in [3.8, 4) is 5.82 Å². The van der Waals surface area contributed by atoms with Crippen molar-refractivity contribution in [2.75, 3.05) is 0 Å². The predicted molar refractivity (Wildman–Crippen MR) is 70.0 cm³/mol. The van der Waals surface area contributed by atoms with Crippen LogP contribution in [0.3, 0.4) is 0 Å². The van der Waals surface area contributed by atoms with E-state index in [9.17, 15) is 4.79 Å². The van der Waals surface area contributed by atoms with Crippen LogP contribution in [0, 0.1) is 0 Å². The Hall–Kier alpha value is -2.36. The second-order valence-corrected chi connectivity index (χ2v) is 4.33.